The zero-order chi connectivity index (χ0) is 10.8. The minimum atomic E-state index is -2.63. The number of alkyl halides is 3. The summed E-state index contributed by atoms with van der Waals surface area (Å²) < 4.78 is 38.0. The van der Waals surface area contributed by atoms with E-state index in [9.17, 15) is 18.0 Å². The van der Waals surface area contributed by atoms with Crippen LogP contribution in [0.15, 0.2) is 0 Å². The Morgan fingerprint density at radius 3 is 2.27 bits per heavy atom. The molecule has 0 saturated heterocycles. The van der Waals surface area contributed by atoms with Crippen molar-refractivity contribution in [2.75, 3.05) is 0 Å². The minimum absolute atomic E-state index is 0. The van der Waals surface area contributed by atoms with Gasteiger partial charge in [-0.3, -0.25) is 0 Å². The summed E-state index contributed by atoms with van der Waals surface area (Å²) in [5, 5.41) is 8.29. The third-order valence-electron chi connectivity index (χ3n) is 2.64. The lowest BCUT2D eigenvalue weighted by Crippen LogP contribution is -2.27. The molecule has 0 aliphatic heterocycles. The van der Waals surface area contributed by atoms with Gasteiger partial charge >= 0.3 is 5.97 Å². The SMILES string of the molecule is N.O=C(O)C(F)CC1CCC(F)(F)CC1. The van der Waals surface area contributed by atoms with Gasteiger partial charge in [-0.2, -0.15) is 0 Å². The standard InChI is InChI=1S/C9H13F3O2.H3N/c10-7(8(13)14)5-6-1-3-9(11,12)4-2-6;/h6-7H,1-5H2,(H,13,14);1H3. The number of carboxylic acid groups (broad SMARTS) is 1. The van der Waals surface area contributed by atoms with E-state index in [1.54, 1.807) is 0 Å². The molecule has 0 aromatic heterocycles. The summed E-state index contributed by atoms with van der Waals surface area (Å²) in [4.78, 5) is 10.2. The predicted molar refractivity (Wildman–Crippen MR) is 49.1 cm³/mol. The molecule has 0 aromatic carbocycles. The van der Waals surface area contributed by atoms with Crippen molar-refractivity contribution in [2.45, 2.75) is 44.2 Å². The molecule has 0 radical (unpaired) electrons. The average molecular weight is 227 g/mol. The largest absolute Gasteiger partial charge is 0.479 e. The molecule has 1 aliphatic rings. The van der Waals surface area contributed by atoms with Crippen LogP contribution in [-0.2, 0) is 4.79 Å². The zero-order valence-corrected chi connectivity index (χ0v) is 8.39. The van der Waals surface area contributed by atoms with Gasteiger partial charge in [-0.15, -0.1) is 0 Å². The Morgan fingerprint density at radius 1 is 1.40 bits per heavy atom. The molecule has 1 fully saturated rings. The summed E-state index contributed by atoms with van der Waals surface area (Å²) in [7, 11) is 0. The van der Waals surface area contributed by atoms with Gasteiger partial charge in [0.2, 0.25) is 5.92 Å². The molecule has 0 amide bonds. The molecule has 1 rings (SSSR count). The van der Waals surface area contributed by atoms with Crippen LogP contribution in [-0.4, -0.2) is 23.2 Å². The fourth-order valence-corrected chi connectivity index (χ4v) is 1.73. The predicted octanol–water partition coefficient (Wildman–Crippen LogP) is 2.79. The first-order valence-electron chi connectivity index (χ1n) is 4.65. The molecule has 6 heteroatoms. The lowest BCUT2D eigenvalue weighted by molar-refractivity contribution is -0.143. The molecule has 0 bridgehead atoms. The van der Waals surface area contributed by atoms with Gasteiger partial charge < -0.3 is 11.3 Å². The Bertz CT molecular complexity index is 213. The van der Waals surface area contributed by atoms with Crippen molar-refractivity contribution >= 4 is 5.97 Å². The Labute approximate surface area is 86.2 Å². The van der Waals surface area contributed by atoms with Gasteiger partial charge in [-0.05, 0) is 25.2 Å². The second-order valence-corrected chi connectivity index (χ2v) is 3.84. The van der Waals surface area contributed by atoms with Crippen molar-refractivity contribution in [1.82, 2.24) is 6.15 Å². The topological polar surface area (TPSA) is 72.3 Å². The van der Waals surface area contributed by atoms with Crippen molar-refractivity contribution in [3.8, 4) is 0 Å². The van der Waals surface area contributed by atoms with Crippen LogP contribution in [0.5, 0.6) is 0 Å². The van der Waals surface area contributed by atoms with E-state index in [-0.39, 0.29) is 44.2 Å². The summed E-state index contributed by atoms with van der Waals surface area (Å²) in [5.74, 6) is -4.34. The van der Waals surface area contributed by atoms with E-state index in [1.807, 2.05) is 0 Å². The number of rotatable bonds is 3. The quantitative estimate of drug-likeness (QED) is 0.778. The van der Waals surface area contributed by atoms with Gasteiger partial charge in [0, 0.05) is 12.8 Å². The molecule has 90 valence electrons. The van der Waals surface area contributed by atoms with Crippen LogP contribution in [0.2, 0.25) is 0 Å². The van der Waals surface area contributed by atoms with Gasteiger partial charge in [0.25, 0.3) is 0 Å². The van der Waals surface area contributed by atoms with Crippen LogP contribution in [0.4, 0.5) is 13.2 Å². The fourth-order valence-electron chi connectivity index (χ4n) is 1.73. The van der Waals surface area contributed by atoms with Crippen molar-refractivity contribution in [3.05, 3.63) is 0 Å². The summed E-state index contributed by atoms with van der Waals surface area (Å²) in [5.41, 5.74) is 0. The Balaban J connectivity index is 0.00000196. The molecule has 1 aliphatic carbocycles. The fraction of sp³-hybridized carbons (Fsp3) is 0.889. The van der Waals surface area contributed by atoms with Crippen molar-refractivity contribution in [2.24, 2.45) is 5.92 Å². The van der Waals surface area contributed by atoms with Crippen molar-refractivity contribution in [1.29, 1.82) is 0 Å². The first kappa shape index (κ1) is 14.2. The highest BCUT2D eigenvalue weighted by Gasteiger charge is 2.36. The molecule has 1 saturated carbocycles. The number of hydrogen-bond donors (Lipinski definition) is 2. The third kappa shape index (κ3) is 4.51. The summed E-state index contributed by atoms with van der Waals surface area (Å²) >= 11 is 0. The molecular formula is C9H16F3NO2. The normalized spacial score (nSPS) is 22.9. The van der Waals surface area contributed by atoms with Crippen molar-refractivity contribution in [3.63, 3.8) is 0 Å². The number of carbonyl (C=O) groups is 1. The number of carboxylic acids is 1. The van der Waals surface area contributed by atoms with Gasteiger partial charge in [-0.25, -0.2) is 18.0 Å². The summed E-state index contributed by atoms with van der Waals surface area (Å²) in [6.07, 6.45) is -2.09. The highest BCUT2D eigenvalue weighted by molar-refractivity contribution is 5.71. The van der Waals surface area contributed by atoms with Crippen LogP contribution >= 0.6 is 0 Å². The second kappa shape index (κ2) is 5.34. The van der Waals surface area contributed by atoms with Crippen LogP contribution < -0.4 is 6.15 Å². The Morgan fingerprint density at radius 2 is 1.87 bits per heavy atom. The van der Waals surface area contributed by atoms with Crippen LogP contribution in [0.3, 0.4) is 0 Å². The highest BCUT2D eigenvalue weighted by atomic mass is 19.3. The van der Waals surface area contributed by atoms with E-state index in [1.165, 1.54) is 0 Å². The van der Waals surface area contributed by atoms with Gasteiger partial charge in [0.15, 0.2) is 6.17 Å². The maximum Gasteiger partial charge on any atom is 0.338 e. The average Bonchev–Trinajstić information content (AvgIpc) is 2.08. The molecule has 1 atom stereocenters. The molecule has 1 unspecified atom stereocenters. The van der Waals surface area contributed by atoms with E-state index in [0.29, 0.717) is 0 Å². The molecule has 0 spiro atoms. The number of hydrogen-bond acceptors (Lipinski definition) is 2. The van der Waals surface area contributed by atoms with E-state index >= 15 is 0 Å². The Kier molecular flexibility index (Phi) is 5.07. The molecule has 0 aromatic rings. The minimum Gasteiger partial charge on any atom is -0.479 e. The third-order valence-corrected chi connectivity index (χ3v) is 2.64. The maximum atomic E-state index is 12.7. The lowest BCUT2D eigenvalue weighted by atomic mass is 9.84. The maximum absolute atomic E-state index is 12.7. The van der Waals surface area contributed by atoms with Crippen LogP contribution in [0, 0.1) is 5.92 Å². The first-order chi connectivity index (χ1) is 6.41. The number of aliphatic carboxylic acids is 1. The monoisotopic (exact) mass is 227 g/mol. The highest BCUT2D eigenvalue weighted by Crippen LogP contribution is 2.38. The second-order valence-electron chi connectivity index (χ2n) is 3.84. The lowest BCUT2D eigenvalue weighted by Gasteiger charge is -2.28. The van der Waals surface area contributed by atoms with E-state index in [2.05, 4.69) is 0 Å². The molecule has 0 heterocycles. The van der Waals surface area contributed by atoms with Gasteiger partial charge in [0.05, 0.1) is 0 Å². The van der Waals surface area contributed by atoms with Crippen molar-refractivity contribution < 1.29 is 23.1 Å². The molecule has 15 heavy (non-hydrogen) atoms. The molecular weight excluding hydrogens is 211 g/mol. The van der Waals surface area contributed by atoms with Gasteiger partial charge in [0.1, 0.15) is 0 Å². The van der Waals surface area contributed by atoms with Crippen LogP contribution in [0.25, 0.3) is 0 Å². The van der Waals surface area contributed by atoms with E-state index < -0.39 is 18.1 Å². The molecule has 3 nitrogen and oxygen atoms in total. The number of halogens is 3. The molecule has 4 N–H and O–H groups in total. The smallest absolute Gasteiger partial charge is 0.338 e. The Hall–Kier alpha value is -0.780. The van der Waals surface area contributed by atoms with E-state index in [0.717, 1.165) is 0 Å². The summed E-state index contributed by atoms with van der Waals surface area (Å²) in [6.45, 7) is 0. The van der Waals surface area contributed by atoms with E-state index in [4.69, 9.17) is 5.11 Å². The van der Waals surface area contributed by atoms with Gasteiger partial charge in [-0.1, -0.05) is 0 Å². The zero-order valence-electron chi connectivity index (χ0n) is 8.39. The van der Waals surface area contributed by atoms with Crippen LogP contribution in [0.1, 0.15) is 32.1 Å². The summed E-state index contributed by atoms with van der Waals surface area (Å²) in [6, 6.07) is 0. The first-order valence-corrected chi connectivity index (χ1v) is 4.65.